The third kappa shape index (κ3) is 4.20. The van der Waals surface area contributed by atoms with E-state index in [0.29, 0.717) is 17.7 Å². The maximum Gasteiger partial charge on any atom is 0.241 e. The van der Waals surface area contributed by atoms with Gasteiger partial charge in [-0.2, -0.15) is 0 Å². The van der Waals surface area contributed by atoms with Crippen molar-refractivity contribution in [3.63, 3.8) is 0 Å². The number of fused-ring (bicyclic) bond motifs is 1. The smallest absolute Gasteiger partial charge is 0.241 e. The second kappa shape index (κ2) is 7.94. The molecule has 0 aliphatic rings. The minimum absolute atomic E-state index is 0.00169. The van der Waals surface area contributed by atoms with Crippen molar-refractivity contribution < 1.29 is 22.4 Å². The summed E-state index contributed by atoms with van der Waals surface area (Å²) in [7, 11) is -3.82. The van der Waals surface area contributed by atoms with E-state index in [4.69, 9.17) is 9.15 Å². The molecule has 3 aromatic rings. The van der Waals surface area contributed by atoms with Gasteiger partial charge in [0.2, 0.25) is 10.0 Å². The van der Waals surface area contributed by atoms with Gasteiger partial charge in [0.25, 0.3) is 0 Å². The molecular formula is C20H21NO5S. The third-order valence-electron chi connectivity index (χ3n) is 4.08. The quantitative estimate of drug-likeness (QED) is 0.595. The van der Waals surface area contributed by atoms with Gasteiger partial charge in [-0.1, -0.05) is 24.3 Å². The summed E-state index contributed by atoms with van der Waals surface area (Å²) in [5.41, 5.74) is 0. The van der Waals surface area contributed by atoms with Gasteiger partial charge in [0.15, 0.2) is 11.5 Å². The number of benzene rings is 2. The van der Waals surface area contributed by atoms with Crippen LogP contribution in [0.15, 0.2) is 64.1 Å². The van der Waals surface area contributed by atoms with Crippen LogP contribution in [0.25, 0.3) is 10.8 Å². The van der Waals surface area contributed by atoms with Crippen molar-refractivity contribution in [2.75, 3.05) is 6.61 Å². The minimum atomic E-state index is -3.82. The maximum absolute atomic E-state index is 12.9. The number of nitrogens with one attached hydrogen (secondary N) is 1. The van der Waals surface area contributed by atoms with E-state index in [2.05, 4.69) is 4.72 Å². The van der Waals surface area contributed by atoms with Crippen molar-refractivity contribution >= 4 is 26.6 Å². The van der Waals surface area contributed by atoms with Crippen molar-refractivity contribution in [3.05, 3.63) is 60.6 Å². The number of sulfonamides is 1. The van der Waals surface area contributed by atoms with E-state index < -0.39 is 16.1 Å². The number of hydrogen-bond acceptors (Lipinski definition) is 5. The Balaban J connectivity index is 1.86. The Morgan fingerprint density at radius 3 is 2.52 bits per heavy atom. The fourth-order valence-corrected chi connectivity index (χ4v) is 4.40. The largest absolute Gasteiger partial charge is 0.493 e. The molecule has 0 aliphatic heterocycles. The van der Waals surface area contributed by atoms with E-state index in [0.717, 1.165) is 5.39 Å². The molecule has 0 saturated carbocycles. The molecular weight excluding hydrogens is 366 g/mol. The lowest BCUT2D eigenvalue weighted by Gasteiger charge is -2.16. The highest BCUT2D eigenvalue weighted by Crippen LogP contribution is 2.31. The highest BCUT2D eigenvalue weighted by Gasteiger charge is 2.23. The number of carbonyl (C=O) groups is 1. The topological polar surface area (TPSA) is 85.6 Å². The fraction of sp³-hybridized carbons (Fsp3) is 0.250. The first-order chi connectivity index (χ1) is 12.9. The van der Waals surface area contributed by atoms with Gasteiger partial charge in [-0.05, 0) is 38.1 Å². The number of furan rings is 1. The SMILES string of the molecule is CCOc1ccc(S(=O)(=O)N[C@@H](C)CC(=O)c2ccco2)c2ccccc12. The zero-order chi connectivity index (χ0) is 19.4. The third-order valence-corrected chi connectivity index (χ3v) is 5.73. The van der Waals surface area contributed by atoms with Crippen LogP contribution in [-0.2, 0) is 10.0 Å². The molecule has 0 unspecified atom stereocenters. The number of rotatable bonds is 8. The first-order valence-corrected chi connectivity index (χ1v) is 10.1. The lowest BCUT2D eigenvalue weighted by Crippen LogP contribution is -2.34. The summed E-state index contributed by atoms with van der Waals surface area (Å²) in [5.74, 6) is 0.590. The van der Waals surface area contributed by atoms with Gasteiger partial charge < -0.3 is 9.15 Å². The molecule has 0 aliphatic carbocycles. The molecule has 1 aromatic heterocycles. The van der Waals surface area contributed by atoms with Gasteiger partial charge in [0, 0.05) is 23.2 Å². The standard InChI is InChI=1S/C20H21NO5S/c1-3-25-18-10-11-20(16-8-5-4-7-15(16)18)27(23,24)21-14(2)13-17(22)19-9-6-12-26-19/h4-12,14,21H,3,13H2,1-2H3/t14-/m0/s1. The lowest BCUT2D eigenvalue weighted by atomic mass is 10.1. The Hall–Kier alpha value is -2.64. The summed E-state index contributed by atoms with van der Waals surface area (Å²) in [5, 5.41) is 1.29. The van der Waals surface area contributed by atoms with Crippen molar-refractivity contribution in [2.24, 2.45) is 0 Å². The summed E-state index contributed by atoms with van der Waals surface area (Å²) in [6.45, 7) is 4.01. The summed E-state index contributed by atoms with van der Waals surface area (Å²) in [6, 6.07) is 12.9. The van der Waals surface area contributed by atoms with Crippen LogP contribution in [0.1, 0.15) is 30.8 Å². The molecule has 0 radical (unpaired) electrons. The normalized spacial score (nSPS) is 12.8. The van der Waals surface area contributed by atoms with E-state index in [9.17, 15) is 13.2 Å². The van der Waals surface area contributed by atoms with Crippen LogP contribution in [-0.4, -0.2) is 26.8 Å². The fourth-order valence-electron chi connectivity index (χ4n) is 2.95. The molecule has 27 heavy (non-hydrogen) atoms. The number of Topliss-reactive ketones (excluding diaryl/α,β-unsaturated/α-hetero) is 1. The zero-order valence-electron chi connectivity index (χ0n) is 15.1. The van der Waals surface area contributed by atoms with E-state index in [-0.39, 0.29) is 22.9 Å². The van der Waals surface area contributed by atoms with Crippen LogP contribution in [0.4, 0.5) is 0 Å². The van der Waals surface area contributed by atoms with Gasteiger partial charge in [-0.3, -0.25) is 4.79 Å². The molecule has 1 heterocycles. The van der Waals surface area contributed by atoms with Gasteiger partial charge >= 0.3 is 0 Å². The number of ketones is 1. The Morgan fingerprint density at radius 2 is 1.85 bits per heavy atom. The van der Waals surface area contributed by atoms with Crippen molar-refractivity contribution in [3.8, 4) is 5.75 Å². The first kappa shape index (κ1) is 19.1. The van der Waals surface area contributed by atoms with Crippen molar-refractivity contribution in [1.29, 1.82) is 0 Å². The molecule has 0 fully saturated rings. The van der Waals surface area contributed by atoms with Gasteiger partial charge in [0.05, 0.1) is 17.8 Å². The molecule has 0 bridgehead atoms. The van der Waals surface area contributed by atoms with Gasteiger partial charge in [0.1, 0.15) is 5.75 Å². The summed E-state index contributed by atoms with van der Waals surface area (Å²) >= 11 is 0. The maximum atomic E-state index is 12.9. The average Bonchev–Trinajstić information content (AvgIpc) is 3.16. The predicted molar refractivity (Wildman–Crippen MR) is 103 cm³/mol. The van der Waals surface area contributed by atoms with Crippen LogP contribution in [0.3, 0.4) is 0 Å². The van der Waals surface area contributed by atoms with E-state index in [1.54, 1.807) is 37.3 Å². The predicted octanol–water partition coefficient (Wildman–Crippen LogP) is 3.77. The lowest BCUT2D eigenvalue weighted by molar-refractivity contribution is 0.0948. The van der Waals surface area contributed by atoms with Gasteiger partial charge in [-0.25, -0.2) is 13.1 Å². The highest BCUT2D eigenvalue weighted by molar-refractivity contribution is 7.89. The Kier molecular flexibility index (Phi) is 5.62. The second-order valence-electron chi connectivity index (χ2n) is 6.17. The van der Waals surface area contributed by atoms with Crippen LogP contribution >= 0.6 is 0 Å². The highest BCUT2D eigenvalue weighted by atomic mass is 32.2. The summed E-state index contributed by atoms with van der Waals surface area (Å²) < 4.78 is 39.0. The molecule has 3 rings (SSSR count). The van der Waals surface area contributed by atoms with E-state index >= 15 is 0 Å². The van der Waals surface area contributed by atoms with E-state index in [1.165, 1.54) is 12.3 Å². The van der Waals surface area contributed by atoms with Crippen LogP contribution in [0, 0.1) is 0 Å². The Bertz CT molecular complexity index is 1040. The summed E-state index contributed by atoms with van der Waals surface area (Å²) in [4.78, 5) is 12.3. The number of carbonyl (C=O) groups excluding carboxylic acids is 1. The molecule has 7 heteroatoms. The monoisotopic (exact) mass is 387 g/mol. The van der Waals surface area contributed by atoms with Crippen LogP contribution in [0.2, 0.25) is 0 Å². The van der Waals surface area contributed by atoms with Crippen LogP contribution < -0.4 is 9.46 Å². The molecule has 0 saturated heterocycles. The Morgan fingerprint density at radius 1 is 1.11 bits per heavy atom. The van der Waals surface area contributed by atoms with Crippen molar-refractivity contribution in [2.45, 2.75) is 31.2 Å². The summed E-state index contributed by atoms with van der Waals surface area (Å²) in [6.07, 6.45) is 1.41. The molecule has 1 atom stereocenters. The zero-order valence-corrected chi connectivity index (χ0v) is 16.0. The Labute approximate surface area is 158 Å². The second-order valence-corrected chi connectivity index (χ2v) is 7.85. The molecule has 142 valence electrons. The molecule has 0 amide bonds. The molecule has 0 spiro atoms. The van der Waals surface area contributed by atoms with Crippen LogP contribution in [0.5, 0.6) is 5.75 Å². The number of hydrogen-bond donors (Lipinski definition) is 1. The molecule has 6 nitrogen and oxygen atoms in total. The molecule has 1 N–H and O–H groups in total. The van der Waals surface area contributed by atoms with Gasteiger partial charge in [-0.15, -0.1) is 0 Å². The number of ether oxygens (including phenoxy) is 1. The average molecular weight is 387 g/mol. The molecule has 2 aromatic carbocycles. The first-order valence-electron chi connectivity index (χ1n) is 8.66. The minimum Gasteiger partial charge on any atom is -0.493 e. The van der Waals surface area contributed by atoms with Crippen molar-refractivity contribution in [1.82, 2.24) is 4.72 Å². The van der Waals surface area contributed by atoms with E-state index in [1.807, 2.05) is 19.1 Å².